The molecule has 1 heterocycles. The molecule has 3 heteroatoms. The number of carbonyl (C=O) groups is 1. The maximum Gasteiger partial charge on any atom is 0.250 e. The fourth-order valence-electron chi connectivity index (χ4n) is 2.43. The number of nitrogens with zero attached hydrogens (tertiary/aromatic N) is 1. The molecule has 1 aliphatic carbocycles. The fourth-order valence-corrected chi connectivity index (χ4v) is 2.43. The highest BCUT2D eigenvalue weighted by Crippen LogP contribution is 2.27. The molecule has 86 valence electrons. The number of amides is 1. The van der Waals surface area contributed by atoms with Crippen LogP contribution in [-0.4, -0.2) is 10.9 Å². The molecule has 1 aromatic rings. The molecular formula is C13H18N2O. The predicted molar refractivity (Wildman–Crippen MR) is 63.3 cm³/mol. The predicted octanol–water partition coefficient (Wildman–Crippen LogP) is 1.87. The van der Waals surface area contributed by atoms with Gasteiger partial charge in [0.15, 0.2) is 0 Å². The summed E-state index contributed by atoms with van der Waals surface area (Å²) in [5.41, 5.74) is 9.62. The summed E-state index contributed by atoms with van der Waals surface area (Å²) in [5.74, 6) is 0.183. The van der Waals surface area contributed by atoms with Crippen LogP contribution in [0, 0.1) is 5.92 Å². The van der Waals surface area contributed by atoms with Gasteiger partial charge >= 0.3 is 0 Å². The molecule has 0 aliphatic heterocycles. The van der Waals surface area contributed by atoms with Crippen molar-refractivity contribution in [1.82, 2.24) is 4.98 Å². The topological polar surface area (TPSA) is 56.0 Å². The van der Waals surface area contributed by atoms with E-state index in [0.717, 1.165) is 31.2 Å². The number of hydrogen-bond donors (Lipinski definition) is 1. The van der Waals surface area contributed by atoms with Crippen LogP contribution in [0.5, 0.6) is 0 Å². The third-order valence-corrected chi connectivity index (χ3v) is 3.11. The summed E-state index contributed by atoms with van der Waals surface area (Å²) in [6.45, 7) is 4.32. The molecule has 0 aromatic carbocycles. The quantitative estimate of drug-likeness (QED) is 0.842. The van der Waals surface area contributed by atoms with Gasteiger partial charge in [-0.2, -0.15) is 0 Å². The number of nitrogens with two attached hydrogens (primary N) is 1. The first-order chi connectivity index (χ1) is 7.59. The molecule has 0 saturated carbocycles. The maximum atomic E-state index is 11.4. The third kappa shape index (κ3) is 1.94. The van der Waals surface area contributed by atoms with Crippen LogP contribution in [0.15, 0.2) is 6.20 Å². The maximum absolute atomic E-state index is 11.4. The largest absolute Gasteiger partial charge is 0.366 e. The van der Waals surface area contributed by atoms with Crippen LogP contribution in [0.3, 0.4) is 0 Å². The number of aromatic nitrogens is 1. The first-order valence-corrected chi connectivity index (χ1v) is 5.89. The zero-order valence-electron chi connectivity index (χ0n) is 9.92. The van der Waals surface area contributed by atoms with Gasteiger partial charge in [0.1, 0.15) is 0 Å². The molecule has 0 spiro atoms. The molecule has 0 saturated heterocycles. The molecule has 1 amide bonds. The Morgan fingerprint density at radius 2 is 2.25 bits per heavy atom. The molecule has 1 aromatic heterocycles. The average Bonchev–Trinajstić information content (AvgIpc) is 2.64. The Morgan fingerprint density at radius 1 is 1.50 bits per heavy atom. The highest BCUT2D eigenvalue weighted by Gasteiger charge is 2.21. The van der Waals surface area contributed by atoms with E-state index in [1.807, 2.05) is 0 Å². The minimum Gasteiger partial charge on any atom is -0.366 e. The van der Waals surface area contributed by atoms with Crippen LogP contribution in [0.2, 0.25) is 0 Å². The van der Waals surface area contributed by atoms with Gasteiger partial charge in [0.2, 0.25) is 0 Å². The van der Waals surface area contributed by atoms with Crippen molar-refractivity contribution in [3.05, 3.63) is 28.6 Å². The SMILES string of the molecule is CC(C)Cc1c(C(N)=O)cnc2c1CCC2. The monoisotopic (exact) mass is 218 g/mol. The van der Waals surface area contributed by atoms with Crippen LogP contribution >= 0.6 is 0 Å². The van der Waals surface area contributed by atoms with Crippen molar-refractivity contribution >= 4 is 5.91 Å². The van der Waals surface area contributed by atoms with Crippen molar-refractivity contribution in [1.29, 1.82) is 0 Å². The standard InChI is InChI=1S/C13H18N2O/c1-8(2)6-10-9-4-3-5-12(9)15-7-11(10)13(14)16/h7-8H,3-6H2,1-2H3,(H2,14,16). The van der Waals surface area contributed by atoms with Gasteiger partial charge in [0.25, 0.3) is 5.91 Å². The van der Waals surface area contributed by atoms with Crippen molar-refractivity contribution in [2.24, 2.45) is 11.7 Å². The van der Waals surface area contributed by atoms with E-state index in [9.17, 15) is 4.79 Å². The zero-order chi connectivity index (χ0) is 11.7. The number of carbonyl (C=O) groups excluding carboxylic acids is 1. The molecule has 0 unspecified atom stereocenters. The highest BCUT2D eigenvalue weighted by molar-refractivity contribution is 5.94. The first-order valence-electron chi connectivity index (χ1n) is 5.89. The van der Waals surface area contributed by atoms with Gasteiger partial charge in [-0.05, 0) is 42.7 Å². The lowest BCUT2D eigenvalue weighted by Crippen LogP contribution is -2.17. The van der Waals surface area contributed by atoms with Gasteiger partial charge in [-0.3, -0.25) is 9.78 Å². The van der Waals surface area contributed by atoms with Gasteiger partial charge in [-0.25, -0.2) is 0 Å². The lowest BCUT2D eigenvalue weighted by Gasteiger charge is -2.13. The summed E-state index contributed by atoms with van der Waals surface area (Å²) < 4.78 is 0. The number of hydrogen-bond acceptors (Lipinski definition) is 2. The van der Waals surface area contributed by atoms with Crippen LogP contribution in [-0.2, 0) is 19.3 Å². The Morgan fingerprint density at radius 3 is 2.88 bits per heavy atom. The molecular weight excluding hydrogens is 200 g/mol. The molecule has 16 heavy (non-hydrogen) atoms. The Kier molecular flexibility index (Phi) is 2.95. The average molecular weight is 218 g/mol. The molecule has 3 nitrogen and oxygen atoms in total. The Balaban J connectivity index is 2.51. The minimum atomic E-state index is -0.349. The van der Waals surface area contributed by atoms with E-state index < -0.39 is 0 Å². The Labute approximate surface area is 96.1 Å². The van der Waals surface area contributed by atoms with E-state index in [1.165, 1.54) is 11.3 Å². The number of primary amides is 1. The second-order valence-electron chi connectivity index (χ2n) is 4.89. The Bertz CT molecular complexity index is 424. The molecule has 0 fully saturated rings. The van der Waals surface area contributed by atoms with E-state index >= 15 is 0 Å². The fraction of sp³-hybridized carbons (Fsp3) is 0.538. The Hall–Kier alpha value is -1.38. The molecule has 0 bridgehead atoms. The molecule has 0 atom stereocenters. The second kappa shape index (κ2) is 4.24. The van der Waals surface area contributed by atoms with Crippen molar-refractivity contribution in [2.45, 2.75) is 39.5 Å². The number of aryl methyl sites for hydroxylation is 1. The van der Waals surface area contributed by atoms with E-state index in [-0.39, 0.29) is 5.91 Å². The summed E-state index contributed by atoms with van der Waals surface area (Å²) in [7, 11) is 0. The van der Waals surface area contributed by atoms with Crippen LogP contribution in [0.25, 0.3) is 0 Å². The van der Waals surface area contributed by atoms with Gasteiger partial charge in [0, 0.05) is 11.9 Å². The minimum absolute atomic E-state index is 0.349. The first kappa shape index (κ1) is 11.1. The summed E-state index contributed by atoms with van der Waals surface area (Å²) in [6, 6.07) is 0. The lowest BCUT2D eigenvalue weighted by atomic mass is 9.93. The van der Waals surface area contributed by atoms with Gasteiger partial charge in [-0.1, -0.05) is 13.8 Å². The molecule has 0 radical (unpaired) electrons. The number of pyridine rings is 1. The second-order valence-corrected chi connectivity index (χ2v) is 4.89. The van der Waals surface area contributed by atoms with Crippen LogP contribution in [0.1, 0.15) is 47.4 Å². The molecule has 2 N–H and O–H groups in total. The van der Waals surface area contributed by atoms with Crippen molar-refractivity contribution in [3.8, 4) is 0 Å². The summed E-state index contributed by atoms with van der Waals surface area (Å²) in [6.07, 6.45) is 5.81. The van der Waals surface area contributed by atoms with Crippen molar-refractivity contribution in [3.63, 3.8) is 0 Å². The van der Waals surface area contributed by atoms with E-state index in [1.54, 1.807) is 6.20 Å². The normalized spacial score (nSPS) is 14.2. The van der Waals surface area contributed by atoms with Gasteiger partial charge in [0.05, 0.1) is 5.56 Å². The highest BCUT2D eigenvalue weighted by atomic mass is 16.1. The smallest absolute Gasteiger partial charge is 0.250 e. The van der Waals surface area contributed by atoms with Crippen molar-refractivity contribution in [2.75, 3.05) is 0 Å². The van der Waals surface area contributed by atoms with E-state index in [4.69, 9.17) is 5.73 Å². The van der Waals surface area contributed by atoms with Crippen molar-refractivity contribution < 1.29 is 4.79 Å². The molecule has 2 rings (SSSR count). The third-order valence-electron chi connectivity index (χ3n) is 3.11. The number of rotatable bonds is 3. The number of fused-ring (bicyclic) bond motifs is 1. The van der Waals surface area contributed by atoms with E-state index in [0.29, 0.717) is 11.5 Å². The molecule has 1 aliphatic rings. The van der Waals surface area contributed by atoms with Crippen LogP contribution in [0.4, 0.5) is 0 Å². The summed E-state index contributed by atoms with van der Waals surface area (Å²) >= 11 is 0. The zero-order valence-corrected chi connectivity index (χ0v) is 9.92. The summed E-state index contributed by atoms with van der Waals surface area (Å²) in [4.78, 5) is 15.7. The van der Waals surface area contributed by atoms with Crippen LogP contribution < -0.4 is 5.73 Å². The summed E-state index contributed by atoms with van der Waals surface area (Å²) in [5, 5.41) is 0. The lowest BCUT2D eigenvalue weighted by molar-refractivity contribution is 0.0999. The van der Waals surface area contributed by atoms with E-state index in [2.05, 4.69) is 18.8 Å². The van der Waals surface area contributed by atoms with Gasteiger partial charge < -0.3 is 5.73 Å². The van der Waals surface area contributed by atoms with Gasteiger partial charge in [-0.15, -0.1) is 0 Å².